The first kappa shape index (κ1) is 18.8. The van der Waals surface area contributed by atoms with Crippen LogP contribution in [0.15, 0.2) is 55.1 Å². The van der Waals surface area contributed by atoms with Crippen molar-refractivity contribution in [1.29, 1.82) is 0 Å². The third-order valence-corrected chi connectivity index (χ3v) is 4.42. The maximum Gasteiger partial charge on any atom is 0.257 e. The van der Waals surface area contributed by atoms with Crippen molar-refractivity contribution in [3.63, 3.8) is 0 Å². The number of para-hydroxylation sites is 1. The molecule has 1 aliphatic rings. The lowest BCUT2D eigenvalue weighted by Crippen LogP contribution is -2.44. The molecule has 1 N–H and O–H groups in total. The topological polar surface area (TPSA) is 60.0 Å². The normalized spacial score (nSPS) is 15.7. The summed E-state index contributed by atoms with van der Waals surface area (Å²) >= 11 is 0. The minimum absolute atomic E-state index is 0.0302. The maximum absolute atomic E-state index is 13.0. The van der Waals surface area contributed by atoms with Gasteiger partial charge in [0.2, 0.25) is 0 Å². The molecule has 0 aliphatic carbocycles. The largest absolute Gasteiger partial charge is 0.493 e. The van der Waals surface area contributed by atoms with Crippen LogP contribution < -0.4 is 14.8 Å². The molecule has 27 heavy (non-hydrogen) atoms. The van der Waals surface area contributed by atoms with Crippen LogP contribution >= 0.6 is 0 Å². The van der Waals surface area contributed by atoms with E-state index < -0.39 is 0 Å². The Morgan fingerprint density at radius 2 is 2.00 bits per heavy atom. The monoisotopic (exact) mass is 368 g/mol. The Balaban J connectivity index is 1.97. The molecule has 0 fully saturated rings. The van der Waals surface area contributed by atoms with E-state index in [1.54, 1.807) is 25.2 Å². The van der Waals surface area contributed by atoms with Crippen LogP contribution in [0, 0.1) is 0 Å². The fourth-order valence-electron chi connectivity index (χ4n) is 3.10. The fourth-order valence-corrected chi connectivity index (χ4v) is 3.10. The first-order valence-corrected chi connectivity index (χ1v) is 8.76. The molecule has 1 atom stereocenters. The summed E-state index contributed by atoms with van der Waals surface area (Å²) in [6.45, 7) is 4.97. The molecule has 2 aromatic carbocycles. The lowest BCUT2D eigenvalue weighted by Gasteiger charge is -2.38. The zero-order chi connectivity index (χ0) is 19.2. The zero-order valence-corrected chi connectivity index (χ0v) is 15.6. The van der Waals surface area contributed by atoms with Crippen LogP contribution in [-0.2, 0) is 4.74 Å². The number of hydrogen-bond acceptors (Lipinski definition) is 5. The Morgan fingerprint density at radius 3 is 2.74 bits per heavy atom. The van der Waals surface area contributed by atoms with Gasteiger partial charge in [-0.1, -0.05) is 30.9 Å². The van der Waals surface area contributed by atoms with Crippen LogP contribution in [-0.4, -0.2) is 44.8 Å². The molecule has 0 spiro atoms. The van der Waals surface area contributed by atoms with Crippen molar-refractivity contribution >= 4 is 11.6 Å². The van der Waals surface area contributed by atoms with E-state index in [-0.39, 0.29) is 12.1 Å². The molecule has 0 saturated carbocycles. The first-order chi connectivity index (χ1) is 13.2. The SMILES string of the molecule is C=CCOc1ccc(C2Nc3ccccc3C(=O)N2CCOC)cc1OC. The van der Waals surface area contributed by atoms with Crippen molar-refractivity contribution in [1.82, 2.24) is 4.90 Å². The van der Waals surface area contributed by atoms with Gasteiger partial charge in [0.1, 0.15) is 12.8 Å². The van der Waals surface area contributed by atoms with Gasteiger partial charge in [0, 0.05) is 19.3 Å². The zero-order valence-electron chi connectivity index (χ0n) is 15.6. The van der Waals surface area contributed by atoms with E-state index in [1.807, 2.05) is 42.5 Å². The second-order valence-electron chi connectivity index (χ2n) is 6.09. The van der Waals surface area contributed by atoms with E-state index in [2.05, 4.69) is 11.9 Å². The van der Waals surface area contributed by atoms with Gasteiger partial charge >= 0.3 is 0 Å². The number of anilines is 1. The number of benzene rings is 2. The van der Waals surface area contributed by atoms with Gasteiger partial charge in [-0.05, 0) is 29.8 Å². The first-order valence-electron chi connectivity index (χ1n) is 8.76. The number of rotatable bonds is 8. The third kappa shape index (κ3) is 3.90. The van der Waals surface area contributed by atoms with Crippen molar-refractivity contribution < 1.29 is 19.0 Å². The van der Waals surface area contributed by atoms with E-state index in [0.29, 0.717) is 36.8 Å². The second kappa shape index (κ2) is 8.60. The quantitative estimate of drug-likeness (QED) is 0.723. The average molecular weight is 368 g/mol. The molecule has 6 heteroatoms. The Morgan fingerprint density at radius 1 is 1.19 bits per heavy atom. The van der Waals surface area contributed by atoms with Gasteiger partial charge in [-0.25, -0.2) is 0 Å². The third-order valence-electron chi connectivity index (χ3n) is 4.42. The summed E-state index contributed by atoms with van der Waals surface area (Å²) in [7, 11) is 3.22. The van der Waals surface area contributed by atoms with Gasteiger partial charge in [-0.3, -0.25) is 4.79 Å². The molecule has 6 nitrogen and oxygen atoms in total. The molecular weight excluding hydrogens is 344 g/mol. The van der Waals surface area contributed by atoms with Crippen molar-refractivity contribution in [3.8, 4) is 11.5 Å². The highest BCUT2D eigenvalue weighted by Gasteiger charge is 2.32. The summed E-state index contributed by atoms with van der Waals surface area (Å²) in [5, 5.41) is 3.45. The standard InChI is InChI=1S/C21H24N2O4/c1-4-12-27-18-10-9-15(14-19(18)26-3)20-22-17-8-6-5-7-16(17)21(24)23(20)11-13-25-2/h4-10,14,20,22H,1,11-13H2,2-3H3. The minimum Gasteiger partial charge on any atom is -0.493 e. The van der Waals surface area contributed by atoms with Crippen molar-refractivity contribution in [2.24, 2.45) is 0 Å². The molecule has 3 rings (SSSR count). The molecule has 142 valence electrons. The molecular formula is C21H24N2O4. The van der Waals surface area contributed by atoms with Gasteiger partial charge < -0.3 is 24.4 Å². The van der Waals surface area contributed by atoms with Crippen molar-refractivity contribution in [2.45, 2.75) is 6.17 Å². The molecule has 1 aliphatic heterocycles. The number of carbonyl (C=O) groups is 1. The van der Waals surface area contributed by atoms with Gasteiger partial charge in [-0.15, -0.1) is 0 Å². The van der Waals surface area contributed by atoms with Gasteiger partial charge in [-0.2, -0.15) is 0 Å². The average Bonchev–Trinajstić information content (AvgIpc) is 2.71. The van der Waals surface area contributed by atoms with Gasteiger partial charge in [0.15, 0.2) is 11.5 Å². The van der Waals surface area contributed by atoms with Crippen LogP contribution in [0.5, 0.6) is 11.5 Å². The summed E-state index contributed by atoms with van der Waals surface area (Å²) in [5.41, 5.74) is 2.37. The molecule has 0 saturated heterocycles. The highest BCUT2D eigenvalue weighted by atomic mass is 16.5. The Labute approximate surface area is 159 Å². The number of carbonyl (C=O) groups excluding carboxylic acids is 1. The van der Waals surface area contributed by atoms with Crippen LogP contribution in [0.25, 0.3) is 0 Å². The van der Waals surface area contributed by atoms with Crippen LogP contribution in [0.4, 0.5) is 5.69 Å². The van der Waals surface area contributed by atoms with Gasteiger partial charge in [0.05, 0.1) is 19.3 Å². The second-order valence-corrected chi connectivity index (χ2v) is 6.09. The molecule has 0 aromatic heterocycles. The summed E-state index contributed by atoms with van der Waals surface area (Å²) < 4.78 is 16.3. The van der Waals surface area contributed by atoms with Crippen molar-refractivity contribution in [3.05, 3.63) is 66.2 Å². The Bertz CT molecular complexity index is 822. The minimum atomic E-state index is -0.329. The van der Waals surface area contributed by atoms with E-state index in [0.717, 1.165) is 11.3 Å². The lowest BCUT2D eigenvalue weighted by atomic mass is 10.0. The molecule has 0 radical (unpaired) electrons. The predicted molar refractivity (Wildman–Crippen MR) is 104 cm³/mol. The van der Waals surface area contributed by atoms with E-state index >= 15 is 0 Å². The molecule has 1 unspecified atom stereocenters. The number of nitrogens with one attached hydrogen (secondary N) is 1. The highest BCUT2D eigenvalue weighted by molar-refractivity contribution is 6.01. The van der Waals surface area contributed by atoms with E-state index in [9.17, 15) is 4.79 Å². The Kier molecular flexibility index (Phi) is 5.98. The summed E-state index contributed by atoms with van der Waals surface area (Å²) in [6, 6.07) is 13.2. The predicted octanol–water partition coefficient (Wildman–Crippen LogP) is 3.47. The smallest absolute Gasteiger partial charge is 0.257 e. The van der Waals surface area contributed by atoms with Crippen LogP contribution in [0.3, 0.4) is 0 Å². The number of ether oxygens (including phenoxy) is 3. The lowest BCUT2D eigenvalue weighted by molar-refractivity contribution is 0.0609. The molecule has 2 aromatic rings. The van der Waals surface area contributed by atoms with E-state index in [4.69, 9.17) is 14.2 Å². The van der Waals surface area contributed by atoms with Crippen molar-refractivity contribution in [2.75, 3.05) is 39.3 Å². The number of methoxy groups -OCH3 is 2. The molecule has 1 heterocycles. The van der Waals surface area contributed by atoms with Crippen LogP contribution in [0.2, 0.25) is 0 Å². The number of hydrogen-bond donors (Lipinski definition) is 1. The fraction of sp³-hybridized carbons (Fsp3) is 0.286. The Hall–Kier alpha value is -2.99. The number of amides is 1. The summed E-state index contributed by atoms with van der Waals surface area (Å²) in [4.78, 5) is 14.8. The van der Waals surface area contributed by atoms with Gasteiger partial charge in [0.25, 0.3) is 5.91 Å². The molecule has 1 amide bonds. The van der Waals surface area contributed by atoms with E-state index in [1.165, 1.54) is 0 Å². The van der Waals surface area contributed by atoms with Crippen LogP contribution in [0.1, 0.15) is 22.1 Å². The highest BCUT2D eigenvalue weighted by Crippen LogP contribution is 2.36. The summed E-state index contributed by atoms with van der Waals surface area (Å²) in [5.74, 6) is 1.21. The summed E-state index contributed by atoms with van der Waals surface area (Å²) in [6.07, 6.45) is 1.35. The number of nitrogens with zero attached hydrogens (tertiary/aromatic N) is 1. The molecule has 0 bridgehead atoms. The number of fused-ring (bicyclic) bond motifs is 1. The maximum atomic E-state index is 13.0.